The molecule has 2 rings (SSSR count). The van der Waals surface area contributed by atoms with E-state index in [9.17, 15) is 4.79 Å². The van der Waals surface area contributed by atoms with E-state index in [4.69, 9.17) is 5.11 Å². The second-order valence-electron chi connectivity index (χ2n) is 3.63. The molecule has 0 unspecified atom stereocenters. The first-order valence-electron chi connectivity index (χ1n) is 5.12. The van der Waals surface area contributed by atoms with Gasteiger partial charge in [0, 0.05) is 32.7 Å². The SMILES string of the molecule is O=C1CSC(N2CCN(CCO)CC2)=N1. The molecule has 0 aliphatic carbocycles. The minimum atomic E-state index is -0.0206. The van der Waals surface area contributed by atoms with Gasteiger partial charge in [0.25, 0.3) is 5.91 Å². The third-order valence-electron chi connectivity index (χ3n) is 2.60. The second-order valence-corrected chi connectivity index (χ2v) is 4.57. The first-order chi connectivity index (χ1) is 7.29. The molecule has 6 heteroatoms. The number of thioether (sulfide) groups is 1. The van der Waals surface area contributed by atoms with Gasteiger partial charge < -0.3 is 10.0 Å². The van der Waals surface area contributed by atoms with Crippen molar-refractivity contribution in [3.63, 3.8) is 0 Å². The smallest absolute Gasteiger partial charge is 0.258 e. The van der Waals surface area contributed by atoms with Crippen LogP contribution in [0.25, 0.3) is 0 Å². The molecule has 15 heavy (non-hydrogen) atoms. The van der Waals surface area contributed by atoms with Crippen molar-refractivity contribution in [2.45, 2.75) is 0 Å². The fourth-order valence-corrected chi connectivity index (χ4v) is 2.61. The molecule has 0 aromatic rings. The lowest BCUT2D eigenvalue weighted by atomic mass is 10.3. The van der Waals surface area contributed by atoms with E-state index in [1.165, 1.54) is 11.8 Å². The first kappa shape index (κ1) is 10.9. The molecule has 0 aromatic heterocycles. The van der Waals surface area contributed by atoms with Crippen LogP contribution >= 0.6 is 11.8 Å². The van der Waals surface area contributed by atoms with Gasteiger partial charge >= 0.3 is 0 Å². The molecule has 2 heterocycles. The van der Waals surface area contributed by atoms with Gasteiger partial charge in [-0.3, -0.25) is 9.69 Å². The van der Waals surface area contributed by atoms with Crippen LogP contribution in [0.5, 0.6) is 0 Å². The Hall–Kier alpha value is -0.590. The number of β-amino-alcohol motifs (C(OH)–C–C–N with tert-alkyl or cyclic N) is 1. The summed E-state index contributed by atoms with van der Waals surface area (Å²) in [6.45, 7) is 4.64. The molecule has 0 radical (unpaired) electrons. The molecule has 5 nitrogen and oxygen atoms in total. The summed E-state index contributed by atoms with van der Waals surface area (Å²) in [7, 11) is 0. The first-order valence-corrected chi connectivity index (χ1v) is 6.10. The number of piperazine rings is 1. The van der Waals surface area contributed by atoms with E-state index >= 15 is 0 Å². The van der Waals surface area contributed by atoms with Crippen molar-refractivity contribution < 1.29 is 9.90 Å². The summed E-state index contributed by atoms with van der Waals surface area (Å²) in [5.74, 6) is 0.472. The highest BCUT2D eigenvalue weighted by Crippen LogP contribution is 2.17. The quantitative estimate of drug-likeness (QED) is 0.673. The molecule has 0 saturated carbocycles. The summed E-state index contributed by atoms with van der Waals surface area (Å²) < 4.78 is 0. The summed E-state index contributed by atoms with van der Waals surface area (Å²) >= 11 is 1.53. The molecule has 1 fully saturated rings. The molecule has 0 spiro atoms. The molecular formula is C9H15N3O2S. The van der Waals surface area contributed by atoms with Crippen LogP contribution in [0, 0.1) is 0 Å². The van der Waals surface area contributed by atoms with Gasteiger partial charge in [-0.2, -0.15) is 4.99 Å². The largest absolute Gasteiger partial charge is 0.395 e. The number of amidine groups is 1. The fourth-order valence-electron chi connectivity index (χ4n) is 1.76. The van der Waals surface area contributed by atoms with Crippen LogP contribution in [0.1, 0.15) is 0 Å². The second kappa shape index (κ2) is 4.96. The van der Waals surface area contributed by atoms with E-state index in [1.54, 1.807) is 0 Å². The molecule has 1 saturated heterocycles. The lowest BCUT2D eigenvalue weighted by molar-refractivity contribution is -0.115. The van der Waals surface area contributed by atoms with Crippen molar-refractivity contribution in [1.82, 2.24) is 9.80 Å². The van der Waals surface area contributed by atoms with Crippen molar-refractivity contribution in [2.75, 3.05) is 45.1 Å². The van der Waals surface area contributed by atoms with Crippen LogP contribution in [0.15, 0.2) is 4.99 Å². The standard InChI is InChI=1S/C9H15N3O2S/c13-6-5-11-1-3-12(4-2-11)9-10-8(14)7-15-9/h13H,1-7H2. The Morgan fingerprint density at radius 1 is 1.33 bits per heavy atom. The number of aliphatic hydroxyl groups is 1. The van der Waals surface area contributed by atoms with E-state index in [-0.39, 0.29) is 12.5 Å². The minimum Gasteiger partial charge on any atom is -0.395 e. The maximum Gasteiger partial charge on any atom is 0.258 e. The summed E-state index contributed by atoms with van der Waals surface area (Å²) in [5.41, 5.74) is 0. The number of hydrogen-bond acceptors (Lipinski definition) is 5. The van der Waals surface area contributed by atoms with Gasteiger partial charge in [-0.15, -0.1) is 0 Å². The Morgan fingerprint density at radius 2 is 2.07 bits per heavy atom. The van der Waals surface area contributed by atoms with Crippen molar-refractivity contribution in [1.29, 1.82) is 0 Å². The van der Waals surface area contributed by atoms with E-state index < -0.39 is 0 Å². The topological polar surface area (TPSA) is 56.1 Å². The van der Waals surface area contributed by atoms with Crippen molar-refractivity contribution in [3.8, 4) is 0 Å². The number of amides is 1. The monoisotopic (exact) mass is 229 g/mol. The van der Waals surface area contributed by atoms with Crippen molar-refractivity contribution in [2.24, 2.45) is 4.99 Å². The number of carbonyl (C=O) groups is 1. The van der Waals surface area contributed by atoms with Crippen LogP contribution in [0.3, 0.4) is 0 Å². The van der Waals surface area contributed by atoms with Crippen LogP contribution in [-0.2, 0) is 4.79 Å². The van der Waals surface area contributed by atoms with E-state index in [0.29, 0.717) is 5.75 Å². The highest BCUT2D eigenvalue weighted by Gasteiger charge is 2.24. The van der Waals surface area contributed by atoms with Crippen LogP contribution < -0.4 is 0 Å². The van der Waals surface area contributed by atoms with Crippen LogP contribution in [0.2, 0.25) is 0 Å². The minimum absolute atomic E-state index is 0.0206. The zero-order chi connectivity index (χ0) is 10.7. The average molecular weight is 229 g/mol. The Bertz CT molecular complexity index is 275. The third kappa shape index (κ3) is 2.70. The molecule has 2 aliphatic heterocycles. The molecule has 84 valence electrons. The number of nitrogens with zero attached hydrogens (tertiary/aromatic N) is 3. The van der Waals surface area contributed by atoms with Gasteiger partial charge in [-0.25, -0.2) is 0 Å². The number of aliphatic hydroxyl groups excluding tert-OH is 1. The lowest BCUT2D eigenvalue weighted by Crippen LogP contribution is -2.48. The molecule has 1 amide bonds. The molecule has 1 N–H and O–H groups in total. The normalized spacial score (nSPS) is 23.4. The highest BCUT2D eigenvalue weighted by molar-refractivity contribution is 8.14. The Kier molecular flexibility index (Phi) is 3.61. The number of rotatable bonds is 2. The zero-order valence-electron chi connectivity index (χ0n) is 8.56. The number of hydrogen-bond donors (Lipinski definition) is 1. The summed E-state index contributed by atoms with van der Waals surface area (Å²) in [4.78, 5) is 19.3. The maximum absolute atomic E-state index is 11.0. The summed E-state index contributed by atoms with van der Waals surface area (Å²) in [5, 5.41) is 9.68. The average Bonchev–Trinajstić information content (AvgIpc) is 2.67. The molecule has 2 aliphatic rings. The Morgan fingerprint density at radius 3 is 2.60 bits per heavy atom. The lowest BCUT2D eigenvalue weighted by Gasteiger charge is -2.34. The molecule has 0 bridgehead atoms. The molecule has 0 atom stereocenters. The predicted molar refractivity (Wildman–Crippen MR) is 60.0 cm³/mol. The number of aliphatic imine (C=N–C) groups is 1. The maximum atomic E-state index is 11.0. The fraction of sp³-hybridized carbons (Fsp3) is 0.778. The Balaban J connectivity index is 1.83. The highest BCUT2D eigenvalue weighted by atomic mass is 32.2. The van der Waals surface area contributed by atoms with Gasteiger partial charge in [0.2, 0.25) is 0 Å². The van der Waals surface area contributed by atoms with Gasteiger partial charge in [-0.1, -0.05) is 11.8 Å². The third-order valence-corrected chi connectivity index (χ3v) is 3.60. The van der Waals surface area contributed by atoms with E-state index in [1.807, 2.05) is 0 Å². The van der Waals surface area contributed by atoms with Crippen LogP contribution in [-0.4, -0.2) is 71.1 Å². The molecule has 0 aromatic carbocycles. The van der Waals surface area contributed by atoms with Crippen molar-refractivity contribution >= 4 is 22.8 Å². The van der Waals surface area contributed by atoms with Crippen molar-refractivity contribution in [3.05, 3.63) is 0 Å². The number of carbonyl (C=O) groups excluding carboxylic acids is 1. The van der Waals surface area contributed by atoms with Gasteiger partial charge in [0.05, 0.1) is 12.4 Å². The van der Waals surface area contributed by atoms with Crippen LogP contribution in [0.4, 0.5) is 0 Å². The van der Waals surface area contributed by atoms with Gasteiger partial charge in [-0.05, 0) is 0 Å². The van der Waals surface area contributed by atoms with E-state index in [0.717, 1.165) is 37.9 Å². The summed E-state index contributed by atoms with van der Waals surface area (Å²) in [6, 6.07) is 0. The zero-order valence-corrected chi connectivity index (χ0v) is 9.37. The summed E-state index contributed by atoms with van der Waals surface area (Å²) in [6.07, 6.45) is 0. The van der Waals surface area contributed by atoms with Gasteiger partial charge in [0.1, 0.15) is 0 Å². The molecular weight excluding hydrogens is 214 g/mol. The van der Waals surface area contributed by atoms with E-state index in [2.05, 4.69) is 14.8 Å². The Labute approximate surface area is 93.1 Å². The van der Waals surface area contributed by atoms with Gasteiger partial charge in [0.15, 0.2) is 5.17 Å². The predicted octanol–water partition coefficient (Wildman–Crippen LogP) is -0.774.